The molecular formula is C4H4N3OS. The van der Waals surface area contributed by atoms with Gasteiger partial charge in [0, 0.05) is 0 Å². The Morgan fingerprint density at radius 1 is 1.89 bits per heavy atom. The summed E-state index contributed by atoms with van der Waals surface area (Å²) in [6.07, 6.45) is 3.00. The molecule has 1 rings (SSSR count). The molecule has 1 amide bonds. The van der Waals surface area contributed by atoms with Crippen LogP contribution >= 0.6 is 11.5 Å². The van der Waals surface area contributed by atoms with E-state index in [1.54, 1.807) is 6.41 Å². The summed E-state index contributed by atoms with van der Waals surface area (Å²) < 4.78 is 3.74. The molecule has 0 aliphatic carbocycles. The minimum Gasteiger partial charge on any atom is -0.341 e. The molecule has 1 aromatic rings. The lowest BCUT2D eigenvalue weighted by atomic mass is 10.7. The number of aromatic nitrogens is 2. The van der Waals surface area contributed by atoms with Crippen LogP contribution in [-0.4, -0.2) is 15.8 Å². The van der Waals surface area contributed by atoms with Crippen molar-refractivity contribution in [1.82, 2.24) is 14.7 Å². The number of hydrogen-bond donors (Lipinski definition) is 1. The summed E-state index contributed by atoms with van der Waals surface area (Å²) in [6, 6.07) is 0. The van der Waals surface area contributed by atoms with Crippen LogP contribution in [0.5, 0.6) is 0 Å². The van der Waals surface area contributed by atoms with Crippen LogP contribution in [0.25, 0.3) is 0 Å². The second kappa shape index (κ2) is 3.13. The molecule has 1 aromatic heterocycles. The fraction of sp³-hybridized carbons (Fsp3) is 0.250. The lowest BCUT2D eigenvalue weighted by Crippen LogP contribution is -2.08. The summed E-state index contributed by atoms with van der Waals surface area (Å²) in [5.74, 6) is 0. The lowest BCUT2D eigenvalue weighted by Gasteiger charge is -1.86. The van der Waals surface area contributed by atoms with E-state index in [0.717, 1.165) is 5.01 Å². The van der Waals surface area contributed by atoms with Crippen LogP contribution in [0.3, 0.4) is 0 Å². The highest BCUT2D eigenvalue weighted by molar-refractivity contribution is 7.05. The van der Waals surface area contributed by atoms with Crippen LogP contribution in [0.1, 0.15) is 5.01 Å². The van der Waals surface area contributed by atoms with Crippen LogP contribution in [0.15, 0.2) is 6.33 Å². The van der Waals surface area contributed by atoms with E-state index in [1.807, 2.05) is 0 Å². The topological polar surface area (TPSA) is 54.9 Å². The molecule has 0 atom stereocenters. The highest BCUT2D eigenvalue weighted by Crippen LogP contribution is 1.96. The molecule has 9 heavy (non-hydrogen) atoms. The van der Waals surface area contributed by atoms with Gasteiger partial charge >= 0.3 is 6.41 Å². The Labute approximate surface area is 56.1 Å². The Morgan fingerprint density at radius 3 is 3.33 bits per heavy atom. The van der Waals surface area contributed by atoms with Crippen molar-refractivity contribution in [3.63, 3.8) is 0 Å². The van der Waals surface area contributed by atoms with Gasteiger partial charge < -0.3 is 5.32 Å². The zero-order valence-corrected chi connectivity index (χ0v) is 5.31. The molecule has 0 unspecified atom stereocenters. The van der Waals surface area contributed by atoms with Crippen LogP contribution in [0, 0.1) is 0 Å². The molecule has 0 bridgehead atoms. The maximum atomic E-state index is 9.62. The maximum Gasteiger partial charge on any atom is 0.309 e. The van der Waals surface area contributed by atoms with Crippen LogP contribution < -0.4 is 5.32 Å². The molecule has 5 heteroatoms. The van der Waals surface area contributed by atoms with Gasteiger partial charge in [-0.15, -0.1) is 0 Å². The van der Waals surface area contributed by atoms with E-state index in [9.17, 15) is 4.79 Å². The highest BCUT2D eigenvalue weighted by atomic mass is 32.1. The third-order valence-electron chi connectivity index (χ3n) is 0.719. The standard InChI is InChI=1S/C4H4N3OS/c8-3-5-1-4-6-2-7-9-4/h2H,1H2,(H,5,8). The molecule has 0 aliphatic rings. The van der Waals surface area contributed by atoms with E-state index in [1.165, 1.54) is 17.9 Å². The van der Waals surface area contributed by atoms with Gasteiger partial charge in [0.2, 0.25) is 0 Å². The Bertz CT molecular complexity index is 174. The minimum absolute atomic E-state index is 0.425. The van der Waals surface area contributed by atoms with Crippen molar-refractivity contribution in [3.8, 4) is 0 Å². The summed E-state index contributed by atoms with van der Waals surface area (Å²) in [5.41, 5.74) is 0. The molecule has 1 N–H and O–H groups in total. The van der Waals surface area contributed by atoms with E-state index in [0.29, 0.717) is 6.54 Å². The first-order valence-electron chi connectivity index (χ1n) is 2.29. The zero-order valence-electron chi connectivity index (χ0n) is 4.50. The molecule has 0 fully saturated rings. The van der Waals surface area contributed by atoms with E-state index >= 15 is 0 Å². The summed E-state index contributed by atoms with van der Waals surface area (Å²) >= 11 is 1.26. The van der Waals surface area contributed by atoms with Crippen molar-refractivity contribution in [1.29, 1.82) is 0 Å². The zero-order chi connectivity index (χ0) is 6.53. The molecule has 0 aliphatic heterocycles. The molecule has 0 aromatic carbocycles. The fourth-order valence-electron chi connectivity index (χ4n) is 0.386. The van der Waals surface area contributed by atoms with E-state index in [4.69, 9.17) is 0 Å². The molecule has 0 spiro atoms. The Kier molecular flexibility index (Phi) is 2.14. The van der Waals surface area contributed by atoms with E-state index < -0.39 is 0 Å². The van der Waals surface area contributed by atoms with Crippen LogP contribution in [0.2, 0.25) is 0 Å². The monoisotopic (exact) mass is 142 g/mol. The average molecular weight is 142 g/mol. The van der Waals surface area contributed by atoms with Gasteiger partial charge in [-0.05, 0) is 11.5 Å². The second-order valence-electron chi connectivity index (χ2n) is 1.29. The first-order valence-corrected chi connectivity index (χ1v) is 3.06. The number of hydrogen-bond acceptors (Lipinski definition) is 4. The normalized spacial score (nSPS) is 8.89. The number of amides is 1. The fourth-order valence-corrected chi connectivity index (χ4v) is 0.833. The first kappa shape index (κ1) is 6.15. The van der Waals surface area contributed by atoms with Crippen molar-refractivity contribution in [2.75, 3.05) is 0 Å². The molecule has 1 heterocycles. The van der Waals surface area contributed by atoms with Crippen molar-refractivity contribution < 1.29 is 4.79 Å². The Hall–Kier alpha value is -0.970. The van der Waals surface area contributed by atoms with Gasteiger partial charge in [-0.1, -0.05) is 0 Å². The summed E-state index contributed by atoms with van der Waals surface area (Å²) in [5, 5.41) is 3.14. The molecule has 0 saturated heterocycles. The Morgan fingerprint density at radius 2 is 2.78 bits per heavy atom. The lowest BCUT2D eigenvalue weighted by molar-refractivity contribution is 0.541. The summed E-state index contributed by atoms with van der Waals surface area (Å²) in [7, 11) is 0. The van der Waals surface area contributed by atoms with Gasteiger partial charge in [-0.25, -0.2) is 4.98 Å². The number of carbonyl (C=O) groups excluding carboxylic acids is 1. The van der Waals surface area contributed by atoms with Crippen LogP contribution in [-0.2, 0) is 11.3 Å². The highest BCUT2D eigenvalue weighted by Gasteiger charge is 1.92. The van der Waals surface area contributed by atoms with Crippen molar-refractivity contribution >= 4 is 17.9 Å². The third-order valence-corrected chi connectivity index (χ3v) is 1.38. The summed E-state index contributed by atoms with van der Waals surface area (Å²) in [4.78, 5) is 13.4. The minimum atomic E-state index is 0.425. The van der Waals surface area contributed by atoms with Gasteiger partial charge in [0.05, 0.1) is 6.54 Å². The summed E-state index contributed by atoms with van der Waals surface area (Å²) in [6.45, 7) is 0.425. The molecule has 4 nitrogen and oxygen atoms in total. The van der Waals surface area contributed by atoms with Gasteiger partial charge in [-0.3, -0.25) is 4.79 Å². The Balaban J connectivity index is 2.38. The number of nitrogens with one attached hydrogen (secondary N) is 1. The van der Waals surface area contributed by atoms with Crippen molar-refractivity contribution in [2.24, 2.45) is 0 Å². The van der Waals surface area contributed by atoms with Gasteiger partial charge in [0.15, 0.2) is 0 Å². The van der Waals surface area contributed by atoms with Crippen molar-refractivity contribution in [2.45, 2.75) is 6.54 Å². The molecule has 0 saturated carbocycles. The van der Waals surface area contributed by atoms with Crippen LogP contribution in [0.4, 0.5) is 0 Å². The smallest absolute Gasteiger partial charge is 0.309 e. The van der Waals surface area contributed by atoms with Crippen molar-refractivity contribution in [3.05, 3.63) is 11.3 Å². The maximum absolute atomic E-state index is 9.62. The average Bonchev–Trinajstić information content (AvgIpc) is 2.34. The first-order chi connectivity index (χ1) is 4.43. The predicted molar refractivity (Wildman–Crippen MR) is 32.4 cm³/mol. The second-order valence-corrected chi connectivity index (χ2v) is 2.16. The molecule has 47 valence electrons. The molecule has 1 radical (unpaired) electrons. The quantitative estimate of drug-likeness (QED) is 0.589. The largest absolute Gasteiger partial charge is 0.341 e. The SMILES string of the molecule is O=[C]NCc1ncns1. The number of nitrogens with zero attached hydrogens (tertiary/aromatic N) is 2. The van der Waals surface area contributed by atoms with Gasteiger partial charge in [0.1, 0.15) is 11.3 Å². The van der Waals surface area contributed by atoms with Gasteiger partial charge in [0.25, 0.3) is 0 Å². The predicted octanol–water partition coefficient (Wildman–Crippen LogP) is -0.305. The molecular weight excluding hydrogens is 138 g/mol. The third kappa shape index (κ3) is 1.77. The van der Waals surface area contributed by atoms with E-state index in [2.05, 4.69) is 14.7 Å². The number of rotatable bonds is 3. The van der Waals surface area contributed by atoms with Gasteiger partial charge in [-0.2, -0.15) is 4.37 Å². The van der Waals surface area contributed by atoms with E-state index in [-0.39, 0.29) is 0 Å².